The monoisotopic (exact) mass is 1710 g/mol. The molecule has 4 N–H and O–H groups in total. The van der Waals surface area contributed by atoms with Gasteiger partial charge in [0.1, 0.15) is 67.1 Å². The first-order valence-electron chi connectivity index (χ1n) is 44.2. The average molecular weight is 1710 g/mol. The molecule has 120 heavy (non-hydrogen) atoms. The molecule has 0 aliphatic carbocycles. The summed E-state index contributed by atoms with van der Waals surface area (Å²) in [4.78, 5) is 0. The third-order valence-electron chi connectivity index (χ3n) is 26.1. The summed E-state index contributed by atoms with van der Waals surface area (Å²) < 4.78 is 125. The van der Waals surface area contributed by atoms with Crippen molar-refractivity contribution in [3.8, 4) is 0 Å². The van der Waals surface area contributed by atoms with Gasteiger partial charge in [-0.15, -0.1) is 0 Å². The number of ether oxygens (including phenoxy) is 22. The van der Waals surface area contributed by atoms with Crippen LogP contribution in [0.3, 0.4) is 0 Å². The van der Waals surface area contributed by atoms with Gasteiger partial charge >= 0.3 is 0 Å². The highest BCUT2D eigenvalue weighted by Gasteiger charge is 2.55. The lowest BCUT2D eigenvalue weighted by molar-refractivity contribution is -0.295. The fraction of sp³-hybridized carbons (Fsp3) is 0.830. The third-order valence-corrected chi connectivity index (χ3v) is 26.1. The Labute approximate surface area is 722 Å². The second-order valence-corrected chi connectivity index (χ2v) is 34.0. The summed E-state index contributed by atoms with van der Waals surface area (Å²) in [7, 11) is 23.5. The second-order valence-electron chi connectivity index (χ2n) is 34.0. The first-order chi connectivity index (χ1) is 57.4. The Morgan fingerprint density at radius 2 is 0.525 bits per heavy atom. The zero-order valence-electron chi connectivity index (χ0n) is 78.7. The Kier molecular flexibility index (Phi) is 49.2. The van der Waals surface area contributed by atoms with Gasteiger partial charge < -0.3 is 125 Å². The van der Waals surface area contributed by atoms with Crippen LogP contribution in [-0.4, -0.2) is 304 Å². The number of aliphatic hydroxyl groups is 4. The molecule has 0 saturated carbocycles. The van der Waals surface area contributed by atoms with Crippen molar-refractivity contribution >= 4 is 0 Å². The highest BCUT2D eigenvalue weighted by Crippen LogP contribution is 2.43. The quantitative estimate of drug-likeness (QED) is 0.0325. The van der Waals surface area contributed by atoms with E-state index in [0.29, 0.717) is 0 Å². The topological polar surface area (TPSA) is 297 Å². The van der Waals surface area contributed by atoms with Crippen LogP contribution in [-0.2, 0) is 104 Å². The summed E-state index contributed by atoms with van der Waals surface area (Å²) in [6, 6.07) is 0. The molecule has 0 aromatic heterocycles. The van der Waals surface area contributed by atoms with Gasteiger partial charge in [-0.1, -0.05) is 156 Å². The minimum Gasteiger partial charge on any atom is -0.390 e. The molecular formula is C94H164O26. The molecule has 8 aliphatic heterocycles. The molecule has 0 unspecified atom stereocenters. The van der Waals surface area contributed by atoms with Crippen LogP contribution in [0.1, 0.15) is 175 Å². The SMILES string of the molecule is CC[C@H](OC)[C@@H](C)[C@@H]1O[C@H]1[C@H](O)[C@@H](C)/C=C/C=C(\C)[C@H]1O[C@@H](OC)CC[C@@H]1OC.CC[C@H](OC)[C@@H](C)[C@@H]1O[C@H]1[C@H](O)[C@@H](C)/C=C/C=C(\C)[C@H]1O[C@@H](OC)CC[C@H]1OC.CC[C@H](OC)[C@@H](C)[C@@H]1O[C@H]1[C@H](O)[C@@H](C)/C=C/C=C(\C)[C@H]1O[C@@H](OC)[C@H](OC)[C@@H](OC)[C@@H]1OC.CC[C@H](OC)[C@@H](C)[C@@H]1O[C@H]1[C@H](O)[C@@H](C)/C=C/C=C(\C)[C@H]1O[C@H](OC)CC[C@@H]1OC. The molecule has 8 saturated heterocycles. The van der Waals surface area contributed by atoms with Crippen LogP contribution in [0.15, 0.2) is 95.2 Å². The number of allylic oxidation sites excluding steroid dienone is 8. The van der Waals surface area contributed by atoms with Gasteiger partial charge in [0.25, 0.3) is 0 Å². The van der Waals surface area contributed by atoms with E-state index in [1.54, 1.807) is 99.5 Å². The molecule has 0 aromatic carbocycles. The number of rotatable bonds is 46. The lowest BCUT2D eigenvalue weighted by atomic mass is 9.91. The molecule has 0 radical (unpaired) electrons. The van der Waals surface area contributed by atoms with Crippen LogP contribution >= 0.6 is 0 Å². The molecule has 26 nitrogen and oxygen atoms in total. The van der Waals surface area contributed by atoms with Crippen LogP contribution < -0.4 is 0 Å². The van der Waals surface area contributed by atoms with Gasteiger partial charge in [-0.05, 0) is 94.9 Å². The maximum absolute atomic E-state index is 10.8. The van der Waals surface area contributed by atoms with Crippen molar-refractivity contribution in [1.82, 2.24) is 0 Å². The molecule has 8 aliphatic rings. The maximum Gasteiger partial charge on any atom is 0.186 e. The van der Waals surface area contributed by atoms with E-state index < -0.39 is 36.8 Å². The predicted octanol–water partition coefficient (Wildman–Crippen LogP) is 13.2. The van der Waals surface area contributed by atoms with E-state index in [9.17, 15) is 20.4 Å². The molecule has 0 amide bonds. The van der Waals surface area contributed by atoms with Crippen LogP contribution in [0.4, 0.5) is 0 Å². The van der Waals surface area contributed by atoms with E-state index in [2.05, 4.69) is 55.4 Å². The second kappa shape index (κ2) is 54.9. The molecule has 0 bridgehead atoms. The minimum absolute atomic E-state index is 0.0129. The van der Waals surface area contributed by atoms with Gasteiger partial charge in [-0.3, -0.25) is 0 Å². The van der Waals surface area contributed by atoms with Crippen molar-refractivity contribution in [3.05, 3.63) is 95.2 Å². The molecule has 696 valence electrons. The Bertz CT molecular complexity index is 2830. The first-order valence-corrected chi connectivity index (χ1v) is 44.2. The molecule has 8 heterocycles. The largest absolute Gasteiger partial charge is 0.390 e. The molecule has 8 rings (SSSR count). The number of hydrogen-bond donors (Lipinski definition) is 4. The average Bonchev–Trinajstić information content (AvgIpc) is 1.74. The van der Waals surface area contributed by atoms with Crippen molar-refractivity contribution in [2.45, 2.75) is 359 Å². The van der Waals surface area contributed by atoms with E-state index in [1.807, 2.05) is 128 Å². The standard InChI is InChI=1S/C25H44O8.3C23H40O6/c1-10-17(27-5)16(4)20-21(32-20)18(26)14(2)12-11-13-15(3)19-22(28-6)23(29-7)24(30-8)25(31-9)33-19;3*1-8-17(25-5)16(4)22-23(29-22)20(24)14(2)10-9-11-15(3)21-18(26-6)12-13-19(27-7)28-21/h11-14,16-26H,10H2,1-9H3;3*9-11,14,16-24H,8,12-13H2,1-7H3/b12-11+,15-13+;3*10-9+,15-11+/t14-,16+,17-,18+,19+,20-,21-,22+,23-,24+,25+;14-,16+,17-,18+,19+,20+,21+,22-,23-;14-,16+,17-,18-,19+,20+,21+,22-,23-;14-,16+,17-,18-,19-,20+,21+,22-,23-/m0000/s1. The lowest BCUT2D eigenvalue weighted by Crippen LogP contribution is -2.60. The maximum atomic E-state index is 10.8. The zero-order valence-corrected chi connectivity index (χ0v) is 78.7. The molecule has 0 spiro atoms. The van der Waals surface area contributed by atoms with Gasteiger partial charge in [-0.2, -0.15) is 0 Å². The van der Waals surface area contributed by atoms with Crippen molar-refractivity contribution in [2.75, 3.05) is 99.5 Å². The fourth-order valence-electron chi connectivity index (χ4n) is 17.7. The summed E-state index contributed by atoms with van der Waals surface area (Å²) in [5.41, 5.74) is 4.20. The first kappa shape index (κ1) is 107. The summed E-state index contributed by atoms with van der Waals surface area (Å²) in [5, 5.41) is 42.8. The summed E-state index contributed by atoms with van der Waals surface area (Å²) in [6.07, 6.45) is 28.2. The van der Waals surface area contributed by atoms with Crippen molar-refractivity contribution in [3.63, 3.8) is 0 Å². The summed E-state index contributed by atoms with van der Waals surface area (Å²) in [6.45, 7) is 33.1. The van der Waals surface area contributed by atoms with Crippen molar-refractivity contribution in [2.24, 2.45) is 47.3 Å². The molecule has 38 atom stereocenters. The predicted molar refractivity (Wildman–Crippen MR) is 463 cm³/mol. The van der Waals surface area contributed by atoms with E-state index >= 15 is 0 Å². The van der Waals surface area contributed by atoms with Crippen LogP contribution in [0.2, 0.25) is 0 Å². The molecular weight excluding hydrogens is 1550 g/mol. The van der Waals surface area contributed by atoms with Crippen molar-refractivity contribution in [1.29, 1.82) is 0 Å². The van der Waals surface area contributed by atoms with Gasteiger partial charge in [0, 0.05) is 166 Å². The summed E-state index contributed by atoms with van der Waals surface area (Å²) in [5.74, 6) is 0.943. The number of methoxy groups -OCH3 is 14. The van der Waals surface area contributed by atoms with Crippen LogP contribution in [0.5, 0.6) is 0 Å². The zero-order chi connectivity index (χ0) is 89.4. The van der Waals surface area contributed by atoms with E-state index in [-0.39, 0.29) is 194 Å². The van der Waals surface area contributed by atoms with E-state index in [1.165, 1.54) is 0 Å². The van der Waals surface area contributed by atoms with E-state index in [4.69, 9.17) is 104 Å². The highest BCUT2D eigenvalue weighted by molar-refractivity contribution is 5.22. The number of hydrogen-bond acceptors (Lipinski definition) is 26. The molecule has 26 heteroatoms. The van der Waals surface area contributed by atoms with Gasteiger partial charge in [0.05, 0.1) is 91.6 Å². The van der Waals surface area contributed by atoms with Crippen LogP contribution in [0, 0.1) is 47.3 Å². The smallest absolute Gasteiger partial charge is 0.186 e. The molecule has 0 aromatic rings. The number of epoxide rings is 4. The fourth-order valence-corrected chi connectivity index (χ4v) is 17.7. The Morgan fingerprint density at radius 1 is 0.283 bits per heavy atom. The van der Waals surface area contributed by atoms with Gasteiger partial charge in [0.2, 0.25) is 0 Å². The lowest BCUT2D eigenvalue weighted by Gasteiger charge is -2.44. The van der Waals surface area contributed by atoms with Gasteiger partial charge in [-0.25, -0.2) is 0 Å². The van der Waals surface area contributed by atoms with Crippen molar-refractivity contribution < 1.29 is 125 Å². The van der Waals surface area contributed by atoms with Gasteiger partial charge in [0.15, 0.2) is 25.2 Å². The highest BCUT2D eigenvalue weighted by atomic mass is 16.7. The minimum atomic E-state index is -0.576. The third kappa shape index (κ3) is 30.8. The van der Waals surface area contributed by atoms with Crippen LogP contribution in [0.25, 0.3) is 0 Å². The Balaban J connectivity index is 0.000000285. The Morgan fingerprint density at radius 3 is 0.725 bits per heavy atom. The normalized spacial score (nSPS) is 35.2. The summed E-state index contributed by atoms with van der Waals surface area (Å²) >= 11 is 0. The molecule has 8 fully saturated rings. The van der Waals surface area contributed by atoms with E-state index in [0.717, 1.165) is 86.5 Å². The Hall–Kier alpha value is -3.12. The number of aliphatic hydroxyl groups excluding tert-OH is 4.